The van der Waals surface area contributed by atoms with Gasteiger partial charge in [-0.2, -0.15) is 0 Å². The van der Waals surface area contributed by atoms with E-state index in [2.05, 4.69) is 0 Å². The molecule has 1 aromatic rings. The Kier molecular flexibility index (Phi) is 8.04. The first-order valence-corrected chi connectivity index (χ1v) is 5.07. The zero-order valence-electron chi connectivity index (χ0n) is 10.6. The maximum atomic E-state index is 13.1. The third kappa shape index (κ3) is 6.03. The molecule has 0 aliphatic carbocycles. The zero-order chi connectivity index (χ0) is 13.1. The molecule has 1 rings (SSSR count). The van der Waals surface area contributed by atoms with Gasteiger partial charge in [-0.1, -0.05) is 11.5 Å². The first kappa shape index (κ1) is 18.4. The number of ether oxygens (including phenoxy) is 1. The minimum Gasteiger partial charge on any atom is -0.492 e. The van der Waals surface area contributed by atoms with Crippen LogP contribution in [0.2, 0.25) is 0 Å². The van der Waals surface area contributed by atoms with Crippen LogP contribution in [0.3, 0.4) is 0 Å². The molecule has 1 aromatic carbocycles. The molecule has 0 heterocycles. The molecule has 0 aliphatic heterocycles. The van der Waals surface area contributed by atoms with Gasteiger partial charge in [0.25, 0.3) is 0 Å². The van der Waals surface area contributed by atoms with Crippen molar-refractivity contribution in [2.75, 3.05) is 27.2 Å². The van der Waals surface area contributed by atoms with Gasteiger partial charge in [0.1, 0.15) is 12.4 Å². The van der Waals surface area contributed by atoms with E-state index in [1.165, 1.54) is 0 Å². The van der Waals surface area contributed by atoms with E-state index >= 15 is 0 Å². The molecule has 0 amide bonds. The van der Waals surface area contributed by atoms with Gasteiger partial charge in [0.15, 0.2) is 0 Å². The number of benzene rings is 1. The summed E-state index contributed by atoms with van der Waals surface area (Å²) in [5, 5.41) is 0. The average Bonchev–Trinajstić information content (AvgIpc) is 2.14. The van der Waals surface area contributed by atoms with E-state index in [0.717, 1.165) is 12.1 Å². The van der Waals surface area contributed by atoms with Gasteiger partial charge in [-0.25, -0.2) is 4.39 Å². The first-order valence-electron chi connectivity index (χ1n) is 5.07. The molecule has 2 nitrogen and oxygen atoms in total. The zero-order valence-corrected chi connectivity index (χ0v) is 13.7. The van der Waals surface area contributed by atoms with Crippen LogP contribution >= 0.6 is 0 Å². The number of hydrogen-bond donors (Lipinski definition) is 0. The number of rotatable bonds is 5. The summed E-state index contributed by atoms with van der Waals surface area (Å²) in [4.78, 5) is 1.85. The molecule has 18 heavy (non-hydrogen) atoms. The second-order valence-corrected chi connectivity index (χ2v) is 3.91. The van der Waals surface area contributed by atoms with E-state index in [4.69, 9.17) is 4.74 Å². The number of hydrogen-bond acceptors (Lipinski definition) is 2. The van der Waals surface area contributed by atoms with Gasteiger partial charge in [0.05, 0.1) is 5.82 Å². The molecule has 8 heteroatoms. The van der Waals surface area contributed by atoms with Crippen LogP contribution in [0.4, 0.5) is 17.3 Å². The number of likely N-dealkylation sites (N-methyl/N-ethyl adjacent to an activating group) is 1. The van der Waals surface area contributed by atoms with Crippen molar-refractivity contribution >= 4 is 12.4 Å². The summed E-state index contributed by atoms with van der Waals surface area (Å²) >= 11 is 0. The third-order valence-corrected chi connectivity index (χ3v) is 2.13. The van der Waals surface area contributed by atoms with Crippen molar-refractivity contribution in [2.24, 2.45) is 0 Å². The van der Waals surface area contributed by atoms with E-state index in [9.17, 15) is 17.3 Å². The molecule has 0 unspecified atom stereocenters. The Morgan fingerprint density at radius 2 is 1.83 bits per heavy atom. The third-order valence-electron chi connectivity index (χ3n) is 2.13. The van der Waals surface area contributed by atoms with E-state index in [0.29, 0.717) is 19.2 Å². The standard InChI is InChI=1S/C10H13BF4NO.K/c1-16(2)5-6-17-8-3-4-9(10(12)7-8)11(13,14)15;/h3-4,7H,5-6H2,1-2H3;/q-1;+1. The summed E-state index contributed by atoms with van der Waals surface area (Å²) in [6, 6.07) is 2.60. The van der Waals surface area contributed by atoms with Crippen LogP contribution in [0.5, 0.6) is 5.75 Å². The Hall–Kier alpha value is 0.401. The largest absolute Gasteiger partial charge is 1.00 e. The van der Waals surface area contributed by atoms with Crippen LogP contribution < -0.4 is 61.6 Å². The minimum atomic E-state index is -5.31. The molecular weight excluding hydrogens is 276 g/mol. The summed E-state index contributed by atoms with van der Waals surface area (Å²) in [6.07, 6.45) is 0. The van der Waals surface area contributed by atoms with Gasteiger partial charge in [-0.05, 0) is 20.2 Å². The summed E-state index contributed by atoms with van der Waals surface area (Å²) in [5.74, 6) is -1.19. The quantitative estimate of drug-likeness (QED) is 0.500. The Bertz CT molecular complexity index is 387. The van der Waals surface area contributed by atoms with Crippen LogP contribution in [0.15, 0.2) is 18.2 Å². The Balaban J connectivity index is 0.00000289. The van der Waals surface area contributed by atoms with Crippen LogP contribution in [0.1, 0.15) is 0 Å². The van der Waals surface area contributed by atoms with Gasteiger partial charge in [0.2, 0.25) is 0 Å². The monoisotopic (exact) mass is 289 g/mol. The Morgan fingerprint density at radius 1 is 1.22 bits per heavy atom. The number of halogens is 4. The van der Waals surface area contributed by atoms with Crippen molar-refractivity contribution in [2.45, 2.75) is 0 Å². The molecule has 0 spiro atoms. The van der Waals surface area contributed by atoms with E-state index < -0.39 is 18.3 Å². The van der Waals surface area contributed by atoms with Crippen molar-refractivity contribution in [1.82, 2.24) is 4.90 Å². The predicted octanol–water partition coefficient (Wildman–Crippen LogP) is -1.18. The summed E-state index contributed by atoms with van der Waals surface area (Å²) in [6.45, 7) is -4.41. The predicted molar refractivity (Wildman–Crippen MR) is 59.2 cm³/mol. The molecule has 0 bridgehead atoms. The van der Waals surface area contributed by atoms with E-state index in [-0.39, 0.29) is 57.1 Å². The number of nitrogens with zero attached hydrogens (tertiary/aromatic N) is 1. The molecule has 0 aromatic heterocycles. The van der Waals surface area contributed by atoms with E-state index in [1.807, 2.05) is 19.0 Å². The van der Waals surface area contributed by atoms with Crippen molar-refractivity contribution in [3.63, 3.8) is 0 Å². The molecule has 0 saturated carbocycles. The summed E-state index contributed by atoms with van der Waals surface area (Å²) < 4.78 is 55.2. The van der Waals surface area contributed by atoms with Crippen LogP contribution in [-0.2, 0) is 0 Å². The molecule has 96 valence electrons. The molecule has 0 atom stereocenters. The molecule has 0 radical (unpaired) electrons. The van der Waals surface area contributed by atoms with Crippen molar-refractivity contribution in [1.29, 1.82) is 0 Å². The van der Waals surface area contributed by atoms with Gasteiger partial charge >= 0.3 is 58.4 Å². The maximum Gasteiger partial charge on any atom is 1.00 e. The molecule has 0 N–H and O–H groups in total. The van der Waals surface area contributed by atoms with E-state index in [1.54, 1.807) is 0 Å². The van der Waals surface area contributed by atoms with Crippen LogP contribution in [-0.4, -0.2) is 39.1 Å². The van der Waals surface area contributed by atoms with Gasteiger partial charge in [-0.15, -0.1) is 0 Å². The van der Waals surface area contributed by atoms with Gasteiger partial charge in [0, 0.05) is 12.6 Å². The summed E-state index contributed by atoms with van der Waals surface area (Å²) in [5.41, 5.74) is -1.22. The van der Waals surface area contributed by atoms with Crippen molar-refractivity contribution in [3.8, 4) is 5.75 Å². The second kappa shape index (κ2) is 7.86. The average molecular weight is 289 g/mol. The molecule has 0 fully saturated rings. The normalized spacial score (nSPS) is 11.3. The van der Waals surface area contributed by atoms with Crippen LogP contribution in [0, 0.1) is 5.82 Å². The Morgan fingerprint density at radius 3 is 2.28 bits per heavy atom. The van der Waals surface area contributed by atoms with Crippen molar-refractivity contribution in [3.05, 3.63) is 24.0 Å². The summed E-state index contributed by atoms with van der Waals surface area (Å²) in [7, 11) is 3.67. The molecule has 0 aliphatic rings. The fourth-order valence-corrected chi connectivity index (χ4v) is 1.21. The maximum absolute atomic E-state index is 13.1. The molecule has 0 saturated heterocycles. The molecular formula is C10H13BF4KNO. The minimum absolute atomic E-state index is 0. The van der Waals surface area contributed by atoms with Crippen molar-refractivity contribution < 1.29 is 73.5 Å². The second-order valence-electron chi connectivity index (χ2n) is 3.91. The van der Waals surface area contributed by atoms with Gasteiger partial charge < -0.3 is 22.6 Å². The first-order chi connectivity index (χ1) is 7.80. The van der Waals surface area contributed by atoms with Crippen LogP contribution in [0.25, 0.3) is 0 Å². The topological polar surface area (TPSA) is 12.5 Å². The van der Waals surface area contributed by atoms with Gasteiger partial charge in [-0.3, -0.25) is 0 Å². The Labute approximate surface area is 146 Å². The fraction of sp³-hybridized carbons (Fsp3) is 0.400. The SMILES string of the molecule is CN(C)CCOc1ccc([B-](F)(F)F)c(F)c1.[K+]. The smallest absolute Gasteiger partial charge is 0.492 e. The fourth-order valence-electron chi connectivity index (χ4n) is 1.21.